The Kier molecular flexibility index (Phi) is 6.06. The third-order valence-electron chi connectivity index (χ3n) is 4.45. The molecule has 0 atom stereocenters. The van der Waals surface area contributed by atoms with E-state index in [1.165, 1.54) is 5.57 Å². The van der Waals surface area contributed by atoms with Crippen LogP contribution in [0.25, 0.3) is 0 Å². The van der Waals surface area contributed by atoms with Gasteiger partial charge in [-0.05, 0) is 45.4 Å². The van der Waals surface area contributed by atoms with Crippen molar-refractivity contribution in [2.75, 3.05) is 19.6 Å². The van der Waals surface area contributed by atoms with E-state index in [0.29, 0.717) is 0 Å². The number of piperidine rings is 1. The van der Waals surface area contributed by atoms with E-state index in [-0.39, 0.29) is 24.2 Å². The number of hydrogen-bond donors (Lipinski definition) is 3. The fraction of sp³-hybridized carbons (Fsp3) is 0.812. The van der Waals surface area contributed by atoms with Gasteiger partial charge in [-0.25, -0.2) is 4.79 Å². The molecule has 0 spiro atoms. The lowest BCUT2D eigenvalue weighted by molar-refractivity contribution is 0.117. The Bertz CT molecular complexity index is 357. The standard InChI is InChI=1S/C16H29N3O2/c1-12(2)11-19-9-7-14(8-10-19)18-16(21)17-13-3-5-15(20)6-4-13/h13-15,20H,1,3-11H2,2H3,(H2,17,18,21). The Hall–Kier alpha value is -1.07. The summed E-state index contributed by atoms with van der Waals surface area (Å²) in [5, 5.41) is 15.6. The number of carbonyl (C=O) groups excluding carboxylic acids is 1. The fourth-order valence-corrected chi connectivity index (χ4v) is 3.25. The van der Waals surface area contributed by atoms with Gasteiger partial charge in [0.05, 0.1) is 6.10 Å². The molecular weight excluding hydrogens is 266 g/mol. The van der Waals surface area contributed by atoms with Gasteiger partial charge in [0.2, 0.25) is 0 Å². The lowest BCUT2D eigenvalue weighted by atomic mass is 9.93. The van der Waals surface area contributed by atoms with Crippen molar-refractivity contribution < 1.29 is 9.90 Å². The molecule has 2 fully saturated rings. The SMILES string of the molecule is C=C(C)CN1CCC(NC(=O)NC2CCC(O)CC2)CC1. The van der Waals surface area contributed by atoms with Crippen molar-refractivity contribution in [2.45, 2.75) is 63.6 Å². The highest BCUT2D eigenvalue weighted by atomic mass is 16.3. The van der Waals surface area contributed by atoms with Crippen molar-refractivity contribution in [3.05, 3.63) is 12.2 Å². The highest BCUT2D eigenvalue weighted by Gasteiger charge is 2.23. The maximum Gasteiger partial charge on any atom is 0.315 e. The lowest BCUT2D eigenvalue weighted by Gasteiger charge is -2.33. The first kappa shape index (κ1) is 16.3. The molecule has 0 radical (unpaired) electrons. The first-order chi connectivity index (χ1) is 10.0. The molecule has 1 aliphatic heterocycles. The Morgan fingerprint density at radius 2 is 1.62 bits per heavy atom. The molecule has 3 N–H and O–H groups in total. The normalized spacial score (nSPS) is 28.1. The molecule has 2 amide bonds. The molecule has 21 heavy (non-hydrogen) atoms. The monoisotopic (exact) mass is 295 g/mol. The molecule has 5 nitrogen and oxygen atoms in total. The summed E-state index contributed by atoms with van der Waals surface area (Å²) in [6.07, 6.45) is 5.18. The van der Waals surface area contributed by atoms with Crippen molar-refractivity contribution in [2.24, 2.45) is 0 Å². The van der Waals surface area contributed by atoms with E-state index in [0.717, 1.165) is 58.2 Å². The van der Waals surface area contributed by atoms with Crippen LogP contribution in [0.5, 0.6) is 0 Å². The molecule has 2 rings (SSSR count). The van der Waals surface area contributed by atoms with Gasteiger partial charge in [0, 0.05) is 31.7 Å². The summed E-state index contributed by atoms with van der Waals surface area (Å²) in [4.78, 5) is 14.4. The van der Waals surface area contributed by atoms with Gasteiger partial charge in [-0.3, -0.25) is 4.90 Å². The molecule has 1 saturated heterocycles. The van der Waals surface area contributed by atoms with E-state index in [1.807, 2.05) is 0 Å². The summed E-state index contributed by atoms with van der Waals surface area (Å²) in [6, 6.07) is 0.451. The Morgan fingerprint density at radius 3 is 2.14 bits per heavy atom. The van der Waals surface area contributed by atoms with Crippen LogP contribution in [0.4, 0.5) is 4.79 Å². The Labute approximate surface area is 127 Å². The molecule has 0 bridgehead atoms. The molecule has 0 aromatic heterocycles. The zero-order valence-corrected chi connectivity index (χ0v) is 13.1. The minimum Gasteiger partial charge on any atom is -0.393 e. The topological polar surface area (TPSA) is 64.6 Å². The third kappa shape index (κ3) is 5.67. The summed E-state index contributed by atoms with van der Waals surface area (Å²) in [7, 11) is 0. The van der Waals surface area contributed by atoms with E-state index in [2.05, 4.69) is 29.0 Å². The van der Waals surface area contributed by atoms with Gasteiger partial charge in [0.25, 0.3) is 0 Å². The van der Waals surface area contributed by atoms with E-state index in [1.54, 1.807) is 0 Å². The van der Waals surface area contributed by atoms with Gasteiger partial charge in [0.1, 0.15) is 0 Å². The summed E-state index contributed by atoms with van der Waals surface area (Å²) in [5.74, 6) is 0. The van der Waals surface area contributed by atoms with Crippen LogP contribution >= 0.6 is 0 Å². The smallest absolute Gasteiger partial charge is 0.315 e. The van der Waals surface area contributed by atoms with Crippen LogP contribution < -0.4 is 10.6 Å². The molecule has 1 heterocycles. The minimum atomic E-state index is -0.177. The number of rotatable bonds is 4. The minimum absolute atomic E-state index is 0.0465. The highest BCUT2D eigenvalue weighted by molar-refractivity contribution is 5.74. The molecule has 0 aromatic carbocycles. The third-order valence-corrected chi connectivity index (χ3v) is 4.45. The summed E-state index contributed by atoms with van der Waals surface area (Å²) in [6.45, 7) is 9.01. The number of nitrogens with zero attached hydrogens (tertiary/aromatic N) is 1. The van der Waals surface area contributed by atoms with Gasteiger partial charge < -0.3 is 15.7 Å². The molecule has 0 aromatic rings. The molecule has 1 aliphatic carbocycles. The van der Waals surface area contributed by atoms with Crippen LogP contribution in [0.15, 0.2) is 12.2 Å². The lowest BCUT2D eigenvalue weighted by Crippen LogP contribution is -2.50. The predicted octanol–water partition coefficient (Wildman–Crippen LogP) is 1.63. The number of aliphatic hydroxyl groups is 1. The van der Waals surface area contributed by atoms with E-state index in [4.69, 9.17) is 0 Å². The summed E-state index contributed by atoms with van der Waals surface area (Å²) in [5.41, 5.74) is 1.19. The average Bonchev–Trinajstić information content (AvgIpc) is 2.43. The van der Waals surface area contributed by atoms with E-state index < -0.39 is 0 Å². The van der Waals surface area contributed by atoms with Gasteiger partial charge in [-0.1, -0.05) is 12.2 Å². The molecular formula is C16H29N3O2. The van der Waals surface area contributed by atoms with Crippen LogP contribution in [0.1, 0.15) is 45.4 Å². The zero-order chi connectivity index (χ0) is 15.2. The number of aliphatic hydroxyl groups excluding tert-OH is 1. The molecule has 120 valence electrons. The summed E-state index contributed by atoms with van der Waals surface area (Å²) < 4.78 is 0. The van der Waals surface area contributed by atoms with Gasteiger partial charge in [-0.2, -0.15) is 0 Å². The van der Waals surface area contributed by atoms with Crippen LogP contribution in [0, 0.1) is 0 Å². The number of carbonyl (C=O) groups is 1. The van der Waals surface area contributed by atoms with Crippen LogP contribution in [0.3, 0.4) is 0 Å². The molecule has 2 aliphatic rings. The summed E-state index contributed by atoms with van der Waals surface area (Å²) >= 11 is 0. The Balaban J connectivity index is 1.64. The number of nitrogens with one attached hydrogen (secondary N) is 2. The van der Waals surface area contributed by atoms with Crippen molar-refractivity contribution >= 4 is 6.03 Å². The zero-order valence-electron chi connectivity index (χ0n) is 13.1. The maximum atomic E-state index is 12.0. The maximum absolute atomic E-state index is 12.0. The molecule has 0 unspecified atom stereocenters. The van der Waals surface area contributed by atoms with Gasteiger partial charge >= 0.3 is 6.03 Å². The van der Waals surface area contributed by atoms with Gasteiger partial charge in [-0.15, -0.1) is 0 Å². The average molecular weight is 295 g/mol. The Morgan fingerprint density at radius 1 is 1.10 bits per heavy atom. The van der Waals surface area contributed by atoms with Crippen LogP contribution in [0.2, 0.25) is 0 Å². The number of amides is 2. The quantitative estimate of drug-likeness (QED) is 0.691. The number of hydrogen-bond acceptors (Lipinski definition) is 3. The second kappa shape index (κ2) is 7.80. The van der Waals surface area contributed by atoms with Crippen molar-refractivity contribution in [3.8, 4) is 0 Å². The fourth-order valence-electron chi connectivity index (χ4n) is 3.25. The van der Waals surface area contributed by atoms with E-state index >= 15 is 0 Å². The van der Waals surface area contributed by atoms with Crippen molar-refractivity contribution in [1.29, 1.82) is 0 Å². The van der Waals surface area contributed by atoms with Crippen LogP contribution in [-0.2, 0) is 0 Å². The van der Waals surface area contributed by atoms with Crippen LogP contribution in [-0.4, -0.2) is 53.9 Å². The second-order valence-corrected chi connectivity index (χ2v) is 6.63. The highest BCUT2D eigenvalue weighted by Crippen LogP contribution is 2.18. The van der Waals surface area contributed by atoms with Gasteiger partial charge in [0.15, 0.2) is 0 Å². The van der Waals surface area contributed by atoms with E-state index in [9.17, 15) is 9.90 Å². The van der Waals surface area contributed by atoms with Crippen molar-refractivity contribution in [3.63, 3.8) is 0 Å². The second-order valence-electron chi connectivity index (χ2n) is 6.63. The number of likely N-dealkylation sites (tertiary alicyclic amines) is 1. The molecule has 5 heteroatoms. The van der Waals surface area contributed by atoms with Crippen molar-refractivity contribution in [1.82, 2.24) is 15.5 Å². The largest absolute Gasteiger partial charge is 0.393 e. The predicted molar refractivity (Wildman–Crippen MR) is 84.2 cm³/mol. The first-order valence-electron chi connectivity index (χ1n) is 8.14. The first-order valence-corrected chi connectivity index (χ1v) is 8.14. The number of urea groups is 1. The molecule has 1 saturated carbocycles.